The van der Waals surface area contributed by atoms with Crippen molar-refractivity contribution in [2.75, 3.05) is 24.5 Å². The van der Waals surface area contributed by atoms with Gasteiger partial charge in [0, 0.05) is 31.9 Å². The van der Waals surface area contributed by atoms with Crippen LogP contribution >= 0.6 is 11.3 Å². The molecule has 1 aromatic heterocycles. The molecular weight excluding hydrogens is 332 g/mol. The first-order valence-corrected chi connectivity index (χ1v) is 8.70. The summed E-state index contributed by atoms with van der Waals surface area (Å²) in [6, 6.07) is -0.727. The highest BCUT2D eigenvalue weighted by molar-refractivity contribution is 7.13. The summed E-state index contributed by atoms with van der Waals surface area (Å²) in [5, 5.41) is 11.8. The van der Waals surface area contributed by atoms with E-state index in [0.29, 0.717) is 13.0 Å². The Labute approximate surface area is 143 Å². The number of anilines is 1. The third-order valence-electron chi connectivity index (χ3n) is 5.04. The maximum atomic E-state index is 11.7. The van der Waals surface area contributed by atoms with Crippen molar-refractivity contribution in [2.24, 2.45) is 11.1 Å². The second-order valence-electron chi connectivity index (χ2n) is 6.57. The number of nitrogens with zero attached hydrogens (tertiary/aromatic N) is 3. The molecule has 1 atom stereocenters. The van der Waals surface area contributed by atoms with Gasteiger partial charge in [0.05, 0.1) is 0 Å². The minimum Gasteiger partial charge on any atom is -0.480 e. The Bertz CT molecular complexity index is 657. The molecule has 0 radical (unpaired) electrons. The molecule has 2 aliphatic rings. The van der Waals surface area contributed by atoms with E-state index in [1.807, 2.05) is 0 Å². The van der Waals surface area contributed by atoms with Gasteiger partial charge in [0.1, 0.15) is 11.7 Å². The number of carboxylic acids is 1. The third kappa shape index (κ3) is 2.95. The zero-order valence-electron chi connectivity index (χ0n) is 13.4. The number of primary amides is 1. The van der Waals surface area contributed by atoms with Crippen molar-refractivity contribution in [3.05, 3.63) is 11.1 Å². The molecule has 2 saturated heterocycles. The first kappa shape index (κ1) is 16.7. The Hall–Kier alpha value is -2.16. The zero-order valence-corrected chi connectivity index (χ0v) is 14.2. The summed E-state index contributed by atoms with van der Waals surface area (Å²) in [6.45, 7) is 3.37. The summed E-state index contributed by atoms with van der Waals surface area (Å²) >= 11 is 1.38. The highest BCUT2D eigenvalue weighted by Crippen LogP contribution is 2.44. The number of rotatable bonds is 3. The van der Waals surface area contributed by atoms with Gasteiger partial charge in [-0.1, -0.05) is 0 Å². The van der Waals surface area contributed by atoms with Gasteiger partial charge in [0.2, 0.25) is 5.91 Å². The van der Waals surface area contributed by atoms with Crippen LogP contribution in [0.25, 0.3) is 0 Å². The Morgan fingerprint density at radius 3 is 2.50 bits per heavy atom. The number of aliphatic carboxylic acids is 1. The number of thiazole rings is 1. The number of carboxylic acid groups (broad SMARTS) is 1. The van der Waals surface area contributed by atoms with Crippen LogP contribution < -0.4 is 10.6 Å². The van der Waals surface area contributed by atoms with Gasteiger partial charge < -0.3 is 20.6 Å². The van der Waals surface area contributed by atoms with E-state index in [1.54, 1.807) is 5.38 Å². The summed E-state index contributed by atoms with van der Waals surface area (Å²) in [6.07, 6.45) is 2.10. The van der Waals surface area contributed by atoms with Gasteiger partial charge in [0.15, 0.2) is 5.13 Å². The summed E-state index contributed by atoms with van der Waals surface area (Å²) in [5.74, 6) is -1.66. The number of amides is 2. The molecule has 3 N–H and O–H groups in total. The molecule has 2 aliphatic heterocycles. The van der Waals surface area contributed by atoms with Gasteiger partial charge in [-0.2, -0.15) is 0 Å². The van der Waals surface area contributed by atoms with Crippen LogP contribution in [0.5, 0.6) is 0 Å². The van der Waals surface area contributed by atoms with Crippen molar-refractivity contribution in [2.45, 2.75) is 32.2 Å². The quantitative estimate of drug-likeness (QED) is 0.820. The van der Waals surface area contributed by atoms with Crippen molar-refractivity contribution in [3.8, 4) is 0 Å². The zero-order chi connectivity index (χ0) is 17.5. The number of aromatic nitrogens is 1. The lowest BCUT2D eigenvalue weighted by molar-refractivity contribution is -0.147. The van der Waals surface area contributed by atoms with Crippen LogP contribution in [0.2, 0.25) is 0 Å². The average Bonchev–Trinajstić information content (AvgIpc) is 3.14. The molecule has 2 amide bonds. The van der Waals surface area contributed by atoms with Crippen LogP contribution in [-0.4, -0.2) is 58.5 Å². The minimum absolute atomic E-state index is 0.144. The van der Waals surface area contributed by atoms with E-state index in [1.165, 1.54) is 23.2 Å². The maximum absolute atomic E-state index is 11.7. The molecule has 9 heteroatoms. The fourth-order valence-electron chi connectivity index (χ4n) is 3.67. The molecule has 1 aromatic rings. The molecule has 0 saturated carbocycles. The predicted molar refractivity (Wildman–Crippen MR) is 87.9 cm³/mol. The van der Waals surface area contributed by atoms with Crippen molar-refractivity contribution >= 4 is 34.3 Å². The lowest BCUT2D eigenvalue weighted by Crippen LogP contribution is -2.42. The highest BCUT2D eigenvalue weighted by atomic mass is 32.1. The smallest absolute Gasteiger partial charge is 0.326 e. The number of carbonyl (C=O) groups is 3. The topological polar surface area (TPSA) is 117 Å². The fourth-order valence-corrected chi connectivity index (χ4v) is 4.53. The molecule has 0 aliphatic carbocycles. The first-order valence-electron chi connectivity index (χ1n) is 7.82. The molecule has 1 spiro atoms. The number of carbonyl (C=O) groups excluding carboxylic acids is 2. The van der Waals surface area contributed by atoms with Crippen LogP contribution in [-0.2, 0) is 9.59 Å². The lowest BCUT2D eigenvalue weighted by atomic mass is 9.76. The molecule has 0 bridgehead atoms. The van der Waals surface area contributed by atoms with Gasteiger partial charge in [-0.3, -0.25) is 9.59 Å². The predicted octanol–water partition coefficient (Wildman–Crippen LogP) is 0.534. The van der Waals surface area contributed by atoms with Crippen molar-refractivity contribution < 1.29 is 19.5 Å². The number of likely N-dealkylation sites (tertiary alicyclic amines) is 1. The Morgan fingerprint density at radius 2 is 2.04 bits per heavy atom. The van der Waals surface area contributed by atoms with E-state index in [9.17, 15) is 19.5 Å². The van der Waals surface area contributed by atoms with Gasteiger partial charge in [-0.25, -0.2) is 9.78 Å². The minimum atomic E-state index is -0.935. The van der Waals surface area contributed by atoms with Crippen LogP contribution in [0.15, 0.2) is 5.38 Å². The highest BCUT2D eigenvalue weighted by Gasteiger charge is 2.49. The third-order valence-corrected chi connectivity index (χ3v) is 5.94. The summed E-state index contributed by atoms with van der Waals surface area (Å²) in [4.78, 5) is 42.2. The second kappa shape index (κ2) is 6.04. The fraction of sp³-hybridized carbons (Fsp3) is 0.600. The molecule has 0 unspecified atom stereocenters. The van der Waals surface area contributed by atoms with Crippen LogP contribution in [0.1, 0.15) is 36.7 Å². The van der Waals surface area contributed by atoms with Gasteiger partial charge >= 0.3 is 5.97 Å². The Morgan fingerprint density at radius 1 is 1.38 bits per heavy atom. The standard InChI is InChI=1S/C15H20N4O4S/c1-9(20)19-8-15(6-11(19)13(22)23)2-4-18(5-3-15)14-17-10(7-24-14)12(16)21/h7,11H,2-6,8H2,1H3,(H2,16,21)(H,22,23)/t11-/m1/s1. The molecule has 24 heavy (non-hydrogen) atoms. The largest absolute Gasteiger partial charge is 0.480 e. The van der Waals surface area contributed by atoms with Gasteiger partial charge in [-0.15, -0.1) is 11.3 Å². The van der Waals surface area contributed by atoms with Crippen molar-refractivity contribution in [3.63, 3.8) is 0 Å². The normalized spacial score (nSPS) is 22.8. The molecule has 8 nitrogen and oxygen atoms in total. The molecule has 3 heterocycles. The van der Waals surface area contributed by atoms with E-state index in [2.05, 4.69) is 9.88 Å². The van der Waals surface area contributed by atoms with Crippen molar-refractivity contribution in [1.82, 2.24) is 9.88 Å². The summed E-state index contributed by atoms with van der Waals surface area (Å²) < 4.78 is 0. The number of hydrogen-bond donors (Lipinski definition) is 2. The van der Waals surface area contributed by atoms with Gasteiger partial charge in [0.25, 0.3) is 5.91 Å². The van der Waals surface area contributed by atoms with E-state index < -0.39 is 17.9 Å². The summed E-state index contributed by atoms with van der Waals surface area (Å²) in [5.41, 5.74) is 5.36. The van der Waals surface area contributed by atoms with Crippen molar-refractivity contribution in [1.29, 1.82) is 0 Å². The monoisotopic (exact) mass is 352 g/mol. The molecule has 130 valence electrons. The van der Waals surface area contributed by atoms with Crippen LogP contribution in [0.3, 0.4) is 0 Å². The number of hydrogen-bond acceptors (Lipinski definition) is 6. The Kier molecular flexibility index (Phi) is 4.20. The summed E-state index contributed by atoms with van der Waals surface area (Å²) in [7, 11) is 0. The van der Waals surface area contributed by atoms with E-state index >= 15 is 0 Å². The first-order chi connectivity index (χ1) is 11.3. The van der Waals surface area contributed by atoms with E-state index in [-0.39, 0.29) is 17.0 Å². The molecule has 3 rings (SSSR count). The van der Waals surface area contributed by atoms with Crippen LogP contribution in [0.4, 0.5) is 5.13 Å². The Balaban J connectivity index is 1.69. The molecular formula is C15H20N4O4S. The van der Waals surface area contributed by atoms with E-state index in [0.717, 1.165) is 31.1 Å². The maximum Gasteiger partial charge on any atom is 0.326 e. The lowest BCUT2D eigenvalue weighted by Gasteiger charge is -2.39. The SMILES string of the molecule is CC(=O)N1CC2(CCN(c3nc(C(N)=O)cs3)CC2)C[C@@H]1C(=O)O. The van der Waals surface area contributed by atoms with E-state index in [4.69, 9.17) is 5.73 Å². The number of piperidine rings is 1. The molecule has 0 aromatic carbocycles. The van der Waals surface area contributed by atoms with Crippen LogP contribution in [0, 0.1) is 5.41 Å². The van der Waals surface area contributed by atoms with Gasteiger partial charge in [-0.05, 0) is 24.7 Å². The number of nitrogens with two attached hydrogens (primary N) is 1. The average molecular weight is 352 g/mol. The molecule has 2 fully saturated rings. The second-order valence-corrected chi connectivity index (χ2v) is 7.41.